The zero-order valence-electron chi connectivity index (χ0n) is 11.2. The van der Waals surface area contributed by atoms with Gasteiger partial charge in [0.25, 0.3) is 0 Å². The summed E-state index contributed by atoms with van der Waals surface area (Å²) >= 11 is 3.37. The van der Waals surface area contributed by atoms with Gasteiger partial charge < -0.3 is 9.80 Å². The Labute approximate surface area is 126 Å². The highest BCUT2D eigenvalue weighted by Gasteiger charge is 2.38. The number of primary sulfonamides is 1. The molecule has 0 saturated carbocycles. The van der Waals surface area contributed by atoms with E-state index in [4.69, 9.17) is 5.14 Å². The molecule has 1 atom stereocenters. The Bertz CT molecular complexity index is 645. The second kappa shape index (κ2) is 5.34. The summed E-state index contributed by atoms with van der Waals surface area (Å²) in [5.41, 5.74) is 1.53. The molecule has 1 unspecified atom stereocenters. The summed E-state index contributed by atoms with van der Waals surface area (Å²) in [6.45, 7) is 0.0922. The van der Waals surface area contributed by atoms with Crippen LogP contribution in [0.1, 0.15) is 6.42 Å². The molecule has 0 spiro atoms. The molecule has 1 aromatic rings. The quantitative estimate of drug-likeness (QED) is 0.866. The van der Waals surface area contributed by atoms with Crippen molar-refractivity contribution >= 4 is 43.2 Å². The normalized spacial score (nSPS) is 19.5. The van der Waals surface area contributed by atoms with Crippen LogP contribution in [0.4, 0.5) is 11.4 Å². The van der Waals surface area contributed by atoms with Gasteiger partial charge in [-0.25, -0.2) is 13.6 Å². The molecule has 20 heavy (non-hydrogen) atoms. The molecular formula is C12H16BrN3O3S. The lowest BCUT2D eigenvalue weighted by atomic mass is 10.2. The number of rotatable bonds is 3. The first-order valence-corrected chi connectivity index (χ1v) is 8.39. The topological polar surface area (TPSA) is 83.7 Å². The van der Waals surface area contributed by atoms with Crippen LogP contribution < -0.4 is 14.9 Å². The van der Waals surface area contributed by atoms with Crippen LogP contribution in [-0.4, -0.2) is 40.2 Å². The van der Waals surface area contributed by atoms with Gasteiger partial charge in [-0.3, -0.25) is 4.79 Å². The summed E-state index contributed by atoms with van der Waals surface area (Å²) in [5.74, 6) is -0.231. The molecule has 6 nitrogen and oxygen atoms in total. The number of anilines is 2. The Morgan fingerprint density at radius 2 is 2.05 bits per heavy atom. The summed E-state index contributed by atoms with van der Waals surface area (Å²) < 4.78 is 23.7. The van der Waals surface area contributed by atoms with Crippen molar-refractivity contribution in [2.45, 2.75) is 11.7 Å². The van der Waals surface area contributed by atoms with Gasteiger partial charge in [-0.05, 0) is 18.2 Å². The fourth-order valence-electron chi connectivity index (χ4n) is 2.22. The smallest absolute Gasteiger partial charge is 0.228 e. The second-order valence-corrected chi connectivity index (χ2v) is 7.71. The van der Waals surface area contributed by atoms with Crippen molar-refractivity contribution in [1.82, 2.24) is 0 Å². The predicted octanol–water partition coefficient (Wildman–Crippen LogP) is 0.909. The number of hydrogen-bond donors (Lipinski definition) is 1. The van der Waals surface area contributed by atoms with Crippen LogP contribution in [0.3, 0.4) is 0 Å². The SMILES string of the molecule is CN(C)c1ccc(Br)cc1N1CC(S(N)(=O)=O)CC1=O. The first kappa shape index (κ1) is 15.3. The molecule has 1 aliphatic heterocycles. The number of nitrogens with two attached hydrogens (primary N) is 1. The molecule has 0 aliphatic carbocycles. The maximum Gasteiger partial charge on any atom is 0.228 e. The van der Waals surface area contributed by atoms with Gasteiger partial charge in [0.05, 0.1) is 11.4 Å². The summed E-state index contributed by atoms with van der Waals surface area (Å²) in [4.78, 5) is 15.4. The Morgan fingerprint density at radius 1 is 1.40 bits per heavy atom. The molecule has 8 heteroatoms. The molecule has 110 valence electrons. The molecule has 2 N–H and O–H groups in total. The molecular weight excluding hydrogens is 346 g/mol. The van der Waals surface area contributed by atoms with Gasteiger partial charge in [0, 0.05) is 31.5 Å². The number of nitrogens with zero attached hydrogens (tertiary/aromatic N) is 2. The molecule has 1 heterocycles. The molecule has 2 rings (SSSR count). The fourth-order valence-corrected chi connectivity index (χ4v) is 3.30. The number of halogens is 1. The molecule has 1 saturated heterocycles. The van der Waals surface area contributed by atoms with Crippen molar-refractivity contribution < 1.29 is 13.2 Å². The summed E-state index contributed by atoms with van der Waals surface area (Å²) in [6, 6.07) is 5.55. The van der Waals surface area contributed by atoms with E-state index in [1.54, 1.807) is 6.07 Å². The van der Waals surface area contributed by atoms with E-state index in [-0.39, 0.29) is 18.9 Å². The van der Waals surface area contributed by atoms with Gasteiger partial charge in [-0.2, -0.15) is 0 Å². The fraction of sp³-hybridized carbons (Fsp3) is 0.417. The van der Waals surface area contributed by atoms with Crippen LogP contribution in [0.2, 0.25) is 0 Å². The Balaban J connectivity index is 2.42. The molecule has 0 radical (unpaired) electrons. The van der Waals surface area contributed by atoms with Crippen molar-refractivity contribution in [3.8, 4) is 0 Å². The van der Waals surface area contributed by atoms with Crippen molar-refractivity contribution in [2.75, 3.05) is 30.4 Å². The third kappa shape index (κ3) is 2.97. The first-order chi connectivity index (χ1) is 9.20. The number of benzene rings is 1. The van der Waals surface area contributed by atoms with Crippen LogP contribution in [0.5, 0.6) is 0 Å². The van der Waals surface area contributed by atoms with E-state index >= 15 is 0 Å². The average molecular weight is 362 g/mol. The third-order valence-electron chi connectivity index (χ3n) is 3.26. The van der Waals surface area contributed by atoms with E-state index < -0.39 is 15.3 Å². The van der Waals surface area contributed by atoms with Crippen LogP contribution in [0.15, 0.2) is 22.7 Å². The maximum atomic E-state index is 12.1. The number of carbonyl (C=O) groups is 1. The minimum atomic E-state index is -3.71. The zero-order chi connectivity index (χ0) is 15.1. The van der Waals surface area contributed by atoms with Crippen molar-refractivity contribution in [2.24, 2.45) is 5.14 Å². The molecule has 1 amide bonds. The maximum absolute atomic E-state index is 12.1. The largest absolute Gasteiger partial charge is 0.376 e. The van der Waals surface area contributed by atoms with Gasteiger partial charge >= 0.3 is 0 Å². The Morgan fingerprint density at radius 3 is 2.55 bits per heavy atom. The third-order valence-corrected chi connectivity index (χ3v) is 5.00. The number of sulfonamides is 1. The highest BCUT2D eigenvalue weighted by atomic mass is 79.9. The Hall–Kier alpha value is -1.12. The van der Waals surface area contributed by atoms with E-state index in [0.29, 0.717) is 5.69 Å². The lowest BCUT2D eigenvalue weighted by molar-refractivity contribution is -0.117. The minimum absolute atomic E-state index is 0.0712. The predicted molar refractivity (Wildman–Crippen MR) is 82.3 cm³/mol. The van der Waals surface area contributed by atoms with Crippen LogP contribution >= 0.6 is 15.9 Å². The highest BCUT2D eigenvalue weighted by molar-refractivity contribution is 9.10. The first-order valence-electron chi connectivity index (χ1n) is 5.99. The Kier molecular flexibility index (Phi) is 4.08. The molecule has 1 aliphatic rings. The van der Waals surface area contributed by atoms with Crippen LogP contribution in [-0.2, 0) is 14.8 Å². The lowest BCUT2D eigenvalue weighted by Crippen LogP contribution is -2.32. The van der Waals surface area contributed by atoms with E-state index in [1.165, 1.54) is 4.90 Å². The summed E-state index contributed by atoms with van der Waals surface area (Å²) in [5, 5.41) is 4.30. The van der Waals surface area contributed by atoms with Crippen molar-refractivity contribution in [3.05, 3.63) is 22.7 Å². The molecule has 0 aromatic heterocycles. The van der Waals surface area contributed by atoms with Gasteiger partial charge in [-0.15, -0.1) is 0 Å². The molecule has 0 bridgehead atoms. The van der Waals surface area contributed by atoms with Crippen LogP contribution in [0, 0.1) is 0 Å². The van der Waals surface area contributed by atoms with Gasteiger partial charge in [0.2, 0.25) is 15.9 Å². The summed E-state index contributed by atoms with van der Waals surface area (Å²) in [7, 11) is 0.0236. The van der Waals surface area contributed by atoms with Crippen LogP contribution in [0.25, 0.3) is 0 Å². The second-order valence-electron chi connectivity index (χ2n) is 4.95. The monoisotopic (exact) mass is 361 g/mol. The number of carbonyl (C=O) groups excluding carboxylic acids is 1. The van der Waals surface area contributed by atoms with E-state index in [2.05, 4.69) is 15.9 Å². The van der Waals surface area contributed by atoms with Crippen molar-refractivity contribution in [3.63, 3.8) is 0 Å². The van der Waals surface area contributed by atoms with E-state index in [1.807, 2.05) is 31.1 Å². The number of hydrogen-bond acceptors (Lipinski definition) is 4. The van der Waals surface area contributed by atoms with Gasteiger partial charge in [0.1, 0.15) is 5.25 Å². The average Bonchev–Trinajstić information content (AvgIpc) is 2.70. The highest BCUT2D eigenvalue weighted by Crippen LogP contribution is 2.34. The van der Waals surface area contributed by atoms with E-state index in [9.17, 15) is 13.2 Å². The standard InChI is InChI=1S/C12H16BrN3O3S/c1-15(2)10-4-3-8(13)5-11(10)16-7-9(6-12(16)17)20(14,18)19/h3-5,9H,6-7H2,1-2H3,(H2,14,18,19). The van der Waals surface area contributed by atoms with Gasteiger partial charge in [-0.1, -0.05) is 15.9 Å². The zero-order valence-corrected chi connectivity index (χ0v) is 13.6. The minimum Gasteiger partial charge on any atom is -0.376 e. The molecule has 1 aromatic carbocycles. The molecule has 1 fully saturated rings. The summed E-state index contributed by atoms with van der Waals surface area (Å²) in [6.07, 6.45) is -0.0712. The lowest BCUT2D eigenvalue weighted by Gasteiger charge is -2.24. The van der Waals surface area contributed by atoms with Gasteiger partial charge in [0.15, 0.2) is 0 Å². The van der Waals surface area contributed by atoms with E-state index in [0.717, 1.165) is 10.2 Å². The number of amides is 1. The van der Waals surface area contributed by atoms with Crippen molar-refractivity contribution in [1.29, 1.82) is 0 Å².